The molecule has 2 aromatic heterocycles. The number of fused-ring (bicyclic) bond motifs is 1. The third kappa shape index (κ3) is 5.00. The number of carbonyl (C=O) groups is 1. The molecule has 0 aliphatic carbocycles. The first-order chi connectivity index (χ1) is 16.0. The summed E-state index contributed by atoms with van der Waals surface area (Å²) in [5.41, 5.74) is 3.03. The number of nitrogens with zero attached hydrogens (tertiary/aromatic N) is 4. The molecule has 0 N–H and O–H groups in total. The lowest BCUT2D eigenvalue weighted by Gasteiger charge is -2.10. The molecule has 0 aliphatic heterocycles. The van der Waals surface area contributed by atoms with E-state index < -0.39 is 5.97 Å². The molecule has 0 saturated heterocycles. The van der Waals surface area contributed by atoms with Crippen molar-refractivity contribution in [3.8, 4) is 11.1 Å². The lowest BCUT2D eigenvalue weighted by atomic mass is 10.1. The molecule has 170 valence electrons. The second kappa shape index (κ2) is 10.3. The standard InChI is InChI=1S/C23H20ClFN4O3S/c1-3-32-23(30)21-19(13-33-17-10-6-15(24)7-11-17)29-22(27-26-21)20(18(28-29)12-31-2)14-4-8-16(25)9-5-14/h4-11H,3,12-13H2,1-2H3. The van der Waals surface area contributed by atoms with Crippen LogP contribution in [0, 0.1) is 5.82 Å². The zero-order valence-electron chi connectivity index (χ0n) is 17.9. The Morgan fingerprint density at radius 1 is 1.12 bits per heavy atom. The Kier molecular flexibility index (Phi) is 7.22. The van der Waals surface area contributed by atoms with Crippen molar-refractivity contribution in [3.63, 3.8) is 0 Å². The minimum Gasteiger partial charge on any atom is -0.461 e. The molecular formula is C23H20ClFN4O3S. The molecule has 0 spiro atoms. The predicted octanol–water partition coefficient (Wildman–Crippen LogP) is 5.20. The number of rotatable bonds is 8. The van der Waals surface area contributed by atoms with Gasteiger partial charge in [-0.3, -0.25) is 0 Å². The van der Waals surface area contributed by atoms with Crippen molar-refractivity contribution in [2.24, 2.45) is 0 Å². The predicted molar refractivity (Wildman–Crippen MR) is 124 cm³/mol. The second-order valence-corrected chi connectivity index (χ2v) is 8.44. The monoisotopic (exact) mass is 486 g/mol. The van der Waals surface area contributed by atoms with Crippen molar-refractivity contribution in [2.75, 3.05) is 13.7 Å². The van der Waals surface area contributed by atoms with E-state index >= 15 is 0 Å². The van der Waals surface area contributed by atoms with Gasteiger partial charge >= 0.3 is 5.97 Å². The van der Waals surface area contributed by atoms with Gasteiger partial charge in [-0.1, -0.05) is 23.7 Å². The summed E-state index contributed by atoms with van der Waals surface area (Å²) < 4.78 is 25.6. The van der Waals surface area contributed by atoms with Crippen molar-refractivity contribution in [1.82, 2.24) is 19.8 Å². The minimum atomic E-state index is -0.578. The van der Waals surface area contributed by atoms with E-state index in [9.17, 15) is 9.18 Å². The molecule has 0 bridgehead atoms. The van der Waals surface area contributed by atoms with Crippen molar-refractivity contribution >= 4 is 35.0 Å². The molecule has 0 fully saturated rings. The van der Waals surface area contributed by atoms with Crippen LogP contribution < -0.4 is 0 Å². The average molecular weight is 487 g/mol. The maximum absolute atomic E-state index is 13.5. The van der Waals surface area contributed by atoms with Crippen molar-refractivity contribution in [1.29, 1.82) is 0 Å². The Morgan fingerprint density at radius 3 is 2.52 bits per heavy atom. The molecule has 7 nitrogen and oxygen atoms in total. The van der Waals surface area contributed by atoms with Crippen molar-refractivity contribution in [2.45, 2.75) is 24.2 Å². The van der Waals surface area contributed by atoms with Gasteiger partial charge in [0, 0.05) is 22.8 Å². The number of hydrogen-bond donors (Lipinski definition) is 0. The van der Waals surface area contributed by atoms with E-state index in [-0.39, 0.29) is 24.7 Å². The molecule has 0 amide bonds. The molecule has 4 aromatic rings. The molecule has 2 aromatic carbocycles. The van der Waals surface area contributed by atoms with Gasteiger partial charge in [0.1, 0.15) is 5.82 Å². The molecule has 0 saturated carbocycles. The number of aromatic nitrogens is 4. The van der Waals surface area contributed by atoms with E-state index in [0.717, 1.165) is 4.90 Å². The Labute approximate surface area is 198 Å². The third-order valence-corrected chi connectivity index (χ3v) is 6.05. The first-order valence-corrected chi connectivity index (χ1v) is 11.5. The Balaban J connectivity index is 1.86. The van der Waals surface area contributed by atoms with Crippen LogP contribution in [0.3, 0.4) is 0 Å². The maximum Gasteiger partial charge on any atom is 0.360 e. The number of hydrogen-bond acceptors (Lipinski definition) is 7. The van der Waals surface area contributed by atoms with E-state index in [1.165, 1.54) is 23.9 Å². The number of carbonyl (C=O) groups excluding carboxylic acids is 1. The van der Waals surface area contributed by atoms with Crippen LogP contribution in [0.25, 0.3) is 16.8 Å². The van der Waals surface area contributed by atoms with Gasteiger partial charge in [0.15, 0.2) is 11.3 Å². The first-order valence-electron chi connectivity index (χ1n) is 10.1. The molecule has 0 radical (unpaired) electrons. The molecule has 0 unspecified atom stereocenters. The molecule has 0 atom stereocenters. The number of thioether (sulfide) groups is 1. The van der Waals surface area contributed by atoms with Crippen LogP contribution in [-0.4, -0.2) is 39.5 Å². The van der Waals surface area contributed by atoms with E-state index in [1.54, 1.807) is 42.8 Å². The van der Waals surface area contributed by atoms with E-state index in [2.05, 4.69) is 15.3 Å². The fourth-order valence-corrected chi connectivity index (χ4v) is 4.33. The highest BCUT2D eigenvalue weighted by atomic mass is 35.5. The van der Waals surface area contributed by atoms with Gasteiger partial charge < -0.3 is 9.47 Å². The van der Waals surface area contributed by atoms with Gasteiger partial charge in [0.05, 0.1) is 30.2 Å². The van der Waals surface area contributed by atoms with Crippen LogP contribution in [0.1, 0.15) is 28.8 Å². The summed E-state index contributed by atoms with van der Waals surface area (Å²) in [5, 5.41) is 13.8. The first kappa shape index (κ1) is 23.2. The van der Waals surface area contributed by atoms with E-state index in [0.29, 0.717) is 38.9 Å². The second-order valence-electron chi connectivity index (χ2n) is 6.96. The molecule has 33 heavy (non-hydrogen) atoms. The van der Waals surface area contributed by atoms with Gasteiger partial charge in [0.25, 0.3) is 0 Å². The summed E-state index contributed by atoms with van der Waals surface area (Å²) in [7, 11) is 1.56. The summed E-state index contributed by atoms with van der Waals surface area (Å²) >= 11 is 7.49. The summed E-state index contributed by atoms with van der Waals surface area (Å²) in [5.74, 6) is -0.552. The van der Waals surface area contributed by atoms with Crippen LogP contribution in [0.4, 0.5) is 4.39 Å². The van der Waals surface area contributed by atoms with Gasteiger partial charge in [0.2, 0.25) is 0 Å². The van der Waals surface area contributed by atoms with Crippen LogP contribution >= 0.6 is 23.4 Å². The Bertz CT molecular complexity index is 1280. The fraction of sp³-hybridized carbons (Fsp3) is 0.217. The summed E-state index contributed by atoms with van der Waals surface area (Å²) in [6, 6.07) is 13.4. The molecule has 10 heteroatoms. The van der Waals surface area contributed by atoms with Gasteiger partial charge in [-0.2, -0.15) is 5.10 Å². The van der Waals surface area contributed by atoms with Crippen LogP contribution in [0.5, 0.6) is 0 Å². The largest absolute Gasteiger partial charge is 0.461 e. The Hall–Kier alpha value is -3.01. The third-order valence-electron chi connectivity index (χ3n) is 4.78. The summed E-state index contributed by atoms with van der Waals surface area (Å²) in [6.07, 6.45) is 0. The average Bonchev–Trinajstić information content (AvgIpc) is 3.17. The zero-order valence-corrected chi connectivity index (χ0v) is 19.5. The lowest BCUT2D eigenvalue weighted by Crippen LogP contribution is -2.16. The van der Waals surface area contributed by atoms with Crippen molar-refractivity contribution in [3.05, 3.63) is 76.5 Å². The number of methoxy groups -OCH3 is 1. The van der Waals surface area contributed by atoms with Gasteiger partial charge in [-0.15, -0.1) is 22.0 Å². The molecular weight excluding hydrogens is 467 g/mol. The summed E-state index contributed by atoms with van der Waals surface area (Å²) in [4.78, 5) is 13.6. The number of halogens is 2. The van der Waals surface area contributed by atoms with Gasteiger partial charge in [-0.25, -0.2) is 13.7 Å². The van der Waals surface area contributed by atoms with Crippen LogP contribution in [0.15, 0.2) is 53.4 Å². The quantitative estimate of drug-likeness (QED) is 0.250. The number of ether oxygens (including phenoxy) is 2. The number of esters is 1. The van der Waals surface area contributed by atoms with Crippen LogP contribution in [0.2, 0.25) is 5.02 Å². The van der Waals surface area contributed by atoms with Gasteiger partial charge in [-0.05, 0) is 48.9 Å². The molecule has 4 rings (SSSR count). The topological polar surface area (TPSA) is 78.6 Å². The minimum absolute atomic E-state index is 0.0861. The fourth-order valence-electron chi connectivity index (χ4n) is 3.31. The number of benzene rings is 2. The normalized spacial score (nSPS) is 11.2. The Morgan fingerprint density at radius 2 is 1.85 bits per heavy atom. The van der Waals surface area contributed by atoms with Crippen molar-refractivity contribution < 1.29 is 18.7 Å². The summed E-state index contributed by atoms with van der Waals surface area (Å²) in [6.45, 7) is 2.13. The maximum atomic E-state index is 13.5. The SMILES string of the molecule is CCOC(=O)c1nnc2c(-c3ccc(F)cc3)c(COC)nn2c1CSc1ccc(Cl)cc1. The van der Waals surface area contributed by atoms with Crippen LogP contribution in [-0.2, 0) is 21.8 Å². The highest BCUT2D eigenvalue weighted by Gasteiger charge is 2.24. The smallest absolute Gasteiger partial charge is 0.360 e. The van der Waals surface area contributed by atoms with E-state index in [4.69, 9.17) is 21.1 Å². The van der Waals surface area contributed by atoms with E-state index in [1.807, 2.05) is 12.1 Å². The lowest BCUT2D eigenvalue weighted by molar-refractivity contribution is 0.0516. The molecule has 0 aliphatic rings. The highest BCUT2D eigenvalue weighted by Crippen LogP contribution is 2.31. The highest BCUT2D eigenvalue weighted by molar-refractivity contribution is 7.98. The molecule has 2 heterocycles. The zero-order chi connectivity index (χ0) is 23.4.